The Morgan fingerprint density at radius 1 is 1.29 bits per heavy atom. The van der Waals surface area contributed by atoms with E-state index in [4.69, 9.17) is 10.5 Å². The van der Waals surface area contributed by atoms with E-state index in [9.17, 15) is 9.59 Å². The number of aromatic nitrogens is 2. The molecule has 0 saturated carbocycles. The number of rotatable bonds is 3. The largest absolute Gasteiger partial charge is 0.465 e. The normalized spacial score (nSPS) is 10.2. The quantitative estimate of drug-likeness (QED) is 0.670. The first-order valence-corrected chi connectivity index (χ1v) is 6.20. The van der Waals surface area contributed by atoms with Gasteiger partial charge in [-0.1, -0.05) is 6.07 Å². The summed E-state index contributed by atoms with van der Waals surface area (Å²) in [6, 6.07) is 6.46. The van der Waals surface area contributed by atoms with Crippen LogP contribution in [0.2, 0.25) is 0 Å². The van der Waals surface area contributed by atoms with Crippen LogP contribution in [0.4, 0.5) is 5.69 Å². The van der Waals surface area contributed by atoms with Crippen molar-refractivity contribution < 1.29 is 14.3 Å². The summed E-state index contributed by atoms with van der Waals surface area (Å²) < 4.78 is 6.14. The van der Waals surface area contributed by atoms with Crippen LogP contribution < -0.4 is 5.73 Å². The number of benzene rings is 1. The molecule has 0 radical (unpaired) electrons. The smallest absolute Gasteiger partial charge is 0.340 e. The van der Waals surface area contributed by atoms with Gasteiger partial charge in [-0.25, -0.2) is 9.48 Å². The van der Waals surface area contributed by atoms with E-state index in [1.807, 2.05) is 0 Å². The molecule has 21 heavy (non-hydrogen) atoms. The van der Waals surface area contributed by atoms with Crippen LogP contribution in [0, 0.1) is 0 Å². The number of nitrogens with zero attached hydrogens (tertiary/aromatic N) is 3. The minimum atomic E-state index is -0.520. The average Bonchev–Trinajstić information content (AvgIpc) is 2.94. The molecule has 0 unspecified atom stereocenters. The van der Waals surface area contributed by atoms with Gasteiger partial charge in [0.2, 0.25) is 0 Å². The molecule has 0 aliphatic carbocycles. The monoisotopic (exact) mass is 288 g/mol. The number of nitrogen functional groups attached to an aromatic ring is 1. The average molecular weight is 288 g/mol. The highest BCUT2D eigenvalue weighted by atomic mass is 16.5. The lowest BCUT2D eigenvalue weighted by molar-refractivity contribution is 0.0600. The first kappa shape index (κ1) is 14.6. The Labute approximate surface area is 121 Å². The number of carbonyl (C=O) groups is 2. The van der Waals surface area contributed by atoms with Gasteiger partial charge in [0.25, 0.3) is 5.91 Å². The summed E-state index contributed by atoms with van der Waals surface area (Å²) in [7, 11) is 4.57. The predicted molar refractivity (Wildman–Crippen MR) is 77.3 cm³/mol. The minimum absolute atomic E-state index is 0.233. The highest BCUT2D eigenvalue weighted by Gasteiger charge is 2.18. The number of methoxy groups -OCH3 is 1. The number of carbonyl (C=O) groups excluding carboxylic acids is 2. The van der Waals surface area contributed by atoms with Gasteiger partial charge >= 0.3 is 5.97 Å². The molecule has 0 atom stereocenters. The zero-order chi connectivity index (χ0) is 15.6. The summed E-state index contributed by atoms with van der Waals surface area (Å²) in [5.74, 6) is -0.754. The van der Waals surface area contributed by atoms with Crippen molar-refractivity contribution in [2.24, 2.45) is 0 Å². The maximum Gasteiger partial charge on any atom is 0.340 e. The van der Waals surface area contributed by atoms with Crippen LogP contribution >= 0.6 is 0 Å². The lowest BCUT2D eigenvalue weighted by Crippen LogP contribution is -2.22. The van der Waals surface area contributed by atoms with Crippen molar-refractivity contribution in [2.45, 2.75) is 0 Å². The van der Waals surface area contributed by atoms with Gasteiger partial charge in [0.1, 0.15) is 5.69 Å². The van der Waals surface area contributed by atoms with Crippen LogP contribution in [-0.4, -0.2) is 47.8 Å². The van der Waals surface area contributed by atoms with Crippen molar-refractivity contribution >= 4 is 17.6 Å². The predicted octanol–water partition coefficient (Wildman–Crippen LogP) is 0.943. The Balaban J connectivity index is 2.52. The van der Waals surface area contributed by atoms with Crippen LogP contribution in [0.3, 0.4) is 0 Å². The molecule has 0 aliphatic heterocycles. The van der Waals surface area contributed by atoms with Crippen molar-refractivity contribution in [1.82, 2.24) is 14.7 Å². The molecule has 2 aromatic rings. The third kappa shape index (κ3) is 2.71. The van der Waals surface area contributed by atoms with E-state index in [1.54, 1.807) is 44.6 Å². The number of hydrogen-bond acceptors (Lipinski definition) is 5. The van der Waals surface area contributed by atoms with Crippen LogP contribution in [0.25, 0.3) is 5.69 Å². The molecule has 0 aliphatic rings. The van der Waals surface area contributed by atoms with E-state index >= 15 is 0 Å². The molecule has 7 heteroatoms. The van der Waals surface area contributed by atoms with E-state index < -0.39 is 5.97 Å². The van der Waals surface area contributed by atoms with Gasteiger partial charge in [0, 0.05) is 20.3 Å². The van der Waals surface area contributed by atoms with Crippen molar-refractivity contribution in [3.63, 3.8) is 0 Å². The van der Waals surface area contributed by atoms with Crippen LogP contribution in [0.15, 0.2) is 30.5 Å². The molecule has 0 bridgehead atoms. The molecule has 7 nitrogen and oxygen atoms in total. The van der Waals surface area contributed by atoms with E-state index in [2.05, 4.69) is 5.10 Å². The molecule has 1 aromatic carbocycles. The number of esters is 1. The second-order valence-electron chi connectivity index (χ2n) is 4.58. The Hall–Kier alpha value is -2.83. The Morgan fingerprint density at radius 3 is 2.62 bits per heavy atom. The molecule has 110 valence electrons. The molecule has 2 rings (SSSR count). The summed E-state index contributed by atoms with van der Waals surface area (Å²) in [5, 5.41) is 4.18. The summed E-state index contributed by atoms with van der Waals surface area (Å²) >= 11 is 0. The number of hydrogen-bond donors (Lipinski definition) is 1. The van der Waals surface area contributed by atoms with E-state index in [1.165, 1.54) is 16.7 Å². The first-order chi connectivity index (χ1) is 9.95. The SMILES string of the molecule is COC(=O)c1cccc(N)c1-n1ccc(C(=O)N(C)C)n1. The molecule has 0 spiro atoms. The third-order valence-electron chi connectivity index (χ3n) is 2.92. The topological polar surface area (TPSA) is 90.4 Å². The summed E-state index contributed by atoms with van der Waals surface area (Å²) in [6.07, 6.45) is 1.58. The van der Waals surface area contributed by atoms with Crippen molar-refractivity contribution in [2.75, 3.05) is 26.9 Å². The minimum Gasteiger partial charge on any atom is -0.465 e. The Bertz CT molecular complexity index is 691. The van der Waals surface area contributed by atoms with Gasteiger partial charge in [-0.15, -0.1) is 0 Å². The third-order valence-corrected chi connectivity index (χ3v) is 2.92. The zero-order valence-electron chi connectivity index (χ0n) is 12.0. The highest BCUT2D eigenvalue weighted by molar-refractivity contribution is 5.96. The van der Waals surface area contributed by atoms with Gasteiger partial charge in [-0.05, 0) is 18.2 Å². The zero-order valence-corrected chi connectivity index (χ0v) is 12.0. The van der Waals surface area contributed by atoms with E-state index in [-0.39, 0.29) is 17.2 Å². The molecule has 1 heterocycles. The fourth-order valence-corrected chi connectivity index (χ4v) is 1.88. The molecule has 1 aromatic heterocycles. The van der Waals surface area contributed by atoms with E-state index in [0.29, 0.717) is 11.4 Å². The first-order valence-electron chi connectivity index (χ1n) is 6.20. The molecule has 0 saturated heterocycles. The van der Waals surface area contributed by atoms with Gasteiger partial charge in [-0.2, -0.15) is 5.10 Å². The van der Waals surface area contributed by atoms with Crippen LogP contribution in [0.5, 0.6) is 0 Å². The summed E-state index contributed by atoms with van der Waals surface area (Å²) in [5.41, 5.74) is 7.23. The van der Waals surface area contributed by atoms with Gasteiger partial charge in [0.05, 0.1) is 18.4 Å². The molecule has 1 amide bonds. The maximum absolute atomic E-state index is 11.9. The lowest BCUT2D eigenvalue weighted by Gasteiger charge is -2.11. The molecule has 0 fully saturated rings. The number of para-hydroxylation sites is 1. The lowest BCUT2D eigenvalue weighted by atomic mass is 10.1. The standard InChI is InChI=1S/C14H16N4O3/c1-17(2)13(19)11-7-8-18(16-11)12-9(14(20)21-3)5-4-6-10(12)15/h4-8H,15H2,1-3H3. The highest BCUT2D eigenvalue weighted by Crippen LogP contribution is 2.22. The van der Waals surface area contributed by atoms with Gasteiger partial charge in [0.15, 0.2) is 5.69 Å². The fraction of sp³-hybridized carbons (Fsp3) is 0.214. The Morgan fingerprint density at radius 2 is 2.00 bits per heavy atom. The number of amides is 1. The Kier molecular flexibility index (Phi) is 3.93. The molecular formula is C14H16N4O3. The molecule has 2 N–H and O–H groups in total. The van der Waals surface area contributed by atoms with Crippen molar-refractivity contribution in [3.8, 4) is 5.69 Å². The van der Waals surface area contributed by atoms with Gasteiger partial charge < -0.3 is 15.4 Å². The number of nitrogens with two attached hydrogens (primary N) is 1. The van der Waals surface area contributed by atoms with Crippen molar-refractivity contribution in [1.29, 1.82) is 0 Å². The maximum atomic E-state index is 11.9. The van der Waals surface area contributed by atoms with Crippen LogP contribution in [-0.2, 0) is 4.74 Å². The second kappa shape index (κ2) is 5.66. The summed E-state index contributed by atoms with van der Waals surface area (Å²) in [6.45, 7) is 0. The van der Waals surface area contributed by atoms with Gasteiger partial charge in [-0.3, -0.25) is 4.79 Å². The second-order valence-corrected chi connectivity index (χ2v) is 4.58. The van der Waals surface area contributed by atoms with Crippen molar-refractivity contribution in [3.05, 3.63) is 41.7 Å². The number of ether oxygens (including phenoxy) is 1. The summed E-state index contributed by atoms with van der Waals surface area (Å²) in [4.78, 5) is 25.1. The van der Waals surface area contributed by atoms with E-state index in [0.717, 1.165) is 0 Å². The number of anilines is 1. The van der Waals surface area contributed by atoms with Crippen LogP contribution in [0.1, 0.15) is 20.8 Å². The fourth-order valence-electron chi connectivity index (χ4n) is 1.88. The molecular weight excluding hydrogens is 272 g/mol.